The maximum atomic E-state index is 11.9. The predicted octanol–water partition coefficient (Wildman–Crippen LogP) is 1.07. The number of hydrogen-bond acceptors (Lipinski definition) is 4. The third-order valence-corrected chi connectivity index (χ3v) is 4.39. The van der Waals surface area contributed by atoms with Gasteiger partial charge in [-0.3, -0.25) is 10.1 Å². The van der Waals surface area contributed by atoms with Crippen LogP contribution in [0.5, 0.6) is 0 Å². The minimum atomic E-state index is -0.153. The van der Waals surface area contributed by atoms with E-state index >= 15 is 0 Å². The summed E-state index contributed by atoms with van der Waals surface area (Å²) in [5.74, 6) is 1.38. The summed E-state index contributed by atoms with van der Waals surface area (Å²) in [7, 11) is 0. The van der Waals surface area contributed by atoms with Gasteiger partial charge in [0, 0.05) is 12.3 Å². The van der Waals surface area contributed by atoms with Crippen LogP contribution in [-0.2, 0) is 9.53 Å². The summed E-state index contributed by atoms with van der Waals surface area (Å²) in [5, 5.41) is 3.47. The van der Waals surface area contributed by atoms with E-state index in [2.05, 4.69) is 5.32 Å². The van der Waals surface area contributed by atoms with Crippen molar-refractivity contribution < 1.29 is 9.53 Å². The van der Waals surface area contributed by atoms with Gasteiger partial charge in [0.05, 0.1) is 31.7 Å². The number of thioether (sulfide) groups is 1. The second-order valence-electron chi connectivity index (χ2n) is 5.73. The largest absolute Gasteiger partial charge is 0.375 e. The zero-order chi connectivity index (χ0) is 12.5. The van der Waals surface area contributed by atoms with Crippen molar-refractivity contribution in [3.63, 3.8) is 0 Å². The molecule has 17 heavy (non-hydrogen) atoms. The molecule has 0 saturated carbocycles. The molecule has 5 heteroatoms. The fourth-order valence-corrected chi connectivity index (χ4v) is 3.42. The summed E-state index contributed by atoms with van der Waals surface area (Å²) in [6.45, 7) is 9.32. The molecule has 1 spiro atoms. The maximum absolute atomic E-state index is 11.9. The van der Waals surface area contributed by atoms with E-state index in [1.165, 1.54) is 0 Å². The number of nitrogens with zero attached hydrogens (tertiary/aromatic N) is 1. The highest BCUT2D eigenvalue weighted by Gasteiger charge is 2.47. The van der Waals surface area contributed by atoms with Gasteiger partial charge in [0.1, 0.15) is 4.87 Å². The molecule has 0 aromatic heterocycles. The van der Waals surface area contributed by atoms with Gasteiger partial charge < -0.3 is 9.64 Å². The number of carbonyl (C=O) groups excluding carboxylic acids is 1. The molecule has 0 aromatic carbocycles. The molecule has 0 aromatic rings. The van der Waals surface area contributed by atoms with Gasteiger partial charge in [-0.1, -0.05) is 0 Å². The van der Waals surface area contributed by atoms with E-state index in [0.717, 1.165) is 25.4 Å². The summed E-state index contributed by atoms with van der Waals surface area (Å²) in [6.07, 6.45) is 0.498. The monoisotopic (exact) mass is 258 g/mol. The first-order chi connectivity index (χ1) is 7.90. The third-order valence-electron chi connectivity index (χ3n) is 3.02. The first-order valence-electron chi connectivity index (χ1n) is 6.21. The Labute approximate surface area is 107 Å². The number of amides is 1. The van der Waals surface area contributed by atoms with E-state index in [9.17, 15) is 4.79 Å². The van der Waals surface area contributed by atoms with Gasteiger partial charge in [-0.25, -0.2) is 0 Å². The van der Waals surface area contributed by atoms with Gasteiger partial charge in [0.2, 0.25) is 5.91 Å². The van der Waals surface area contributed by atoms with Crippen LogP contribution in [0.3, 0.4) is 0 Å². The van der Waals surface area contributed by atoms with Crippen molar-refractivity contribution in [3.8, 4) is 0 Å². The molecule has 0 atom stereocenters. The molecule has 2 heterocycles. The zero-order valence-electron chi connectivity index (χ0n) is 10.9. The molecule has 2 aliphatic heterocycles. The van der Waals surface area contributed by atoms with E-state index in [0.29, 0.717) is 13.0 Å². The first-order valence-corrected chi connectivity index (χ1v) is 7.20. The third kappa shape index (κ3) is 3.36. The summed E-state index contributed by atoms with van der Waals surface area (Å²) < 4.78 is 5.57. The summed E-state index contributed by atoms with van der Waals surface area (Å²) in [6, 6.07) is 0. The first kappa shape index (κ1) is 13.2. The van der Waals surface area contributed by atoms with E-state index in [4.69, 9.17) is 4.74 Å². The molecule has 2 fully saturated rings. The molecule has 98 valence electrons. The molecule has 1 N–H and O–H groups in total. The van der Waals surface area contributed by atoms with Gasteiger partial charge >= 0.3 is 0 Å². The quantitative estimate of drug-likeness (QED) is 0.822. The highest BCUT2D eigenvalue weighted by Crippen LogP contribution is 2.36. The zero-order valence-corrected chi connectivity index (χ0v) is 11.7. The Morgan fingerprint density at radius 2 is 2.18 bits per heavy atom. The summed E-state index contributed by atoms with van der Waals surface area (Å²) in [4.78, 5) is 14.0. The minimum Gasteiger partial charge on any atom is -0.375 e. The van der Waals surface area contributed by atoms with E-state index in [1.54, 1.807) is 0 Å². The molecule has 1 amide bonds. The van der Waals surface area contributed by atoms with E-state index in [1.807, 2.05) is 37.4 Å². The van der Waals surface area contributed by atoms with E-state index in [-0.39, 0.29) is 16.4 Å². The Bertz CT molecular complexity index is 287. The lowest BCUT2D eigenvalue weighted by atomic mass is 10.1. The van der Waals surface area contributed by atoms with Crippen LogP contribution in [0.1, 0.15) is 27.2 Å². The van der Waals surface area contributed by atoms with Crippen LogP contribution in [0, 0.1) is 0 Å². The van der Waals surface area contributed by atoms with E-state index < -0.39 is 0 Å². The number of carbonyl (C=O) groups is 1. The van der Waals surface area contributed by atoms with Crippen molar-refractivity contribution in [3.05, 3.63) is 0 Å². The second-order valence-corrected chi connectivity index (χ2v) is 7.21. The SMILES string of the molecule is CC(C)(C)OCCC(=O)N1CC2(C1)NCCS2. The molecule has 2 saturated heterocycles. The molecule has 2 aliphatic rings. The number of rotatable bonds is 3. The molecule has 0 unspecified atom stereocenters. The molecule has 2 rings (SSSR count). The van der Waals surface area contributed by atoms with Gasteiger partial charge in [-0.2, -0.15) is 0 Å². The van der Waals surface area contributed by atoms with Crippen molar-refractivity contribution in [1.29, 1.82) is 0 Å². The molecule has 0 radical (unpaired) electrons. The normalized spacial score (nSPS) is 22.9. The lowest BCUT2D eigenvalue weighted by molar-refractivity contribution is -0.139. The van der Waals surface area contributed by atoms with Crippen molar-refractivity contribution in [1.82, 2.24) is 10.2 Å². The Morgan fingerprint density at radius 3 is 2.71 bits per heavy atom. The number of nitrogens with one attached hydrogen (secondary N) is 1. The fourth-order valence-electron chi connectivity index (χ4n) is 2.13. The Morgan fingerprint density at radius 1 is 1.47 bits per heavy atom. The van der Waals surface area contributed by atoms with Crippen molar-refractivity contribution in [2.75, 3.05) is 32.0 Å². The number of likely N-dealkylation sites (tertiary alicyclic amines) is 1. The highest BCUT2D eigenvalue weighted by molar-refractivity contribution is 8.01. The lowest BCUT2D eigenvalue weighted by Crippen LogP contribution is -2.66. The Hall–Kier alpha value is -0.260. The summed E-state index contributed by atoms with van der Waals surface area (Å²) in [5.41, 5.74) is -0.153. The van der Waals surface area contributed by atoms with Crippen molar-refractivity contribution in [2.45, 2.75) is 37.7 Å². The molecule has 0 aliphatic carbocycles. The molecular formula is C12H22N2O2S. The number of ether oxygens (including phenoxy) is 1. The van der Waals surface area contributed by atoms with Crippen LogP contribution in [-0.4, -0.2) is 53.3 Å². The smallest absolute Gasteiger partial charge is 0.225 e. The van der Waals surface area contributed by atoms with Crippen LogP contribution in [0.4, 0.5) is 0 Å². The number of hydrogen-bond donors (Lipinski definition) is 1. The summed E-state index contributed by atoms with van der Waals surface area (Å²) >= 11 is 1.94. The minimum absolute atomic E-state index is 0.153. The molecule has 0 bridgehead atoms. The van der Waals surface area contributed by atoms with Gasteiger partial charge in [-0.15, -0.1) is 11.8 Å². The van der Waals surface area contributed by atoms with Crippen LogP contribution < -0.4 is 5.32 Å². The predicted molar refractivity (Wildman–Crippen MR) is 70.1 cm³/mol. The Kier molecular flexibility index (Phi) is 3.71. The van der Waals surface area contributed by atoms with Crippen LogP contribution in [0.15, 0.2) is 0 Å². The maximum Gasteiger partial charge on any atom is 0.225 e. The second kappa shape index (κ2) is 4.78. The average molecular weight is 258 g/mol. The van der Waals surface area contributed by atoms with Gasteiger partial charge in [0.15, 0.2) is 0 Å². The van der Waals surface area contributed by atoms with Gasteiger partial charge in [-0.05, 0) is 20.8 Å². The van der Waals surface area contributed by atoms with Crippen LogP contribution in [0.25, 0.3) is 0 Å². The topological polar surface area (TPSA) is 41.6 Å². The van der Waals surface area contributed by atoms with Crippen molar-refractivity contribution in [2.24, 2.45) is 0 Å². The fraction of sp³-hybridized carbons (Fsp3) is 0.917. The van der Waals surface area contributed by atoms with Crippen LogP contribution in [0.2, 0.25) is 0 Å². The standard InChI is InChI=1S/C12H22N2O2S/c1-11(2,3)16-6-4-10(15)14-8-12(9-14)13-5-7-17-12/h13H,4-9H2,1-3H3. The van der Waals surface area contributed by atoms with Gasteiger partial charge in [0.25, 0.3) is 0 Å². The van der Waals surface area contributed by atoms with Crippen LogP contribution >= 0.6 is 11.8 Å². The molecular weight excluding hydrogens is 236 g/mol. The average Bonchev–Trinajstić information content (AvgIpc) is 2.61. The van der Waals surface area contributed by atoms with Crippen molar-refractivity contribution >= 4 is 17.7 Å². The highest BCUT2D eigenvalue weighted by atomic mass is 32.2. The Balaban J connectivity index is 1.65. The molecule has 4 nitrogen and oxygen atoms in total. The lowest BCUT2D eigenvalue weighted by Gasteiger charge is -2.47.